The van der Waals surface area contributed by atoms with Crippen LogP contribution < -0.4 is 14.8 Å². The molecule has 1 aromatic heterocycles. The summed E-state index contributed by atoms with van der Waals surface area (Å²) in [6.45, 7) is 3.49. The second kappa shape index (κ2) is 9.31. The third-order valence-corrected chi connectivity index (χ3v) is 5.61. The van der Waals surface area contributed by atoms with E-state index in [9.17, 15) is 9.18 Å². The van der Waals surface area contributed by atoms with Crippen LogP contribution >= 0.6 is 0 Å². The van der Waals surface area contributed by atoms with Crippen molar-refractivity contribution in [3.05, 3.63) is 53.8 Å². The highest BCUT2D eigenvalue weighted by atomic mass is 19.1. The number of hydrogen-bond acceptors (Lipinski definition) is 5. The second-order valence-corrected chi connectivity index (χ2v) is 7.59. The van der Waals surface area contributed by atoms with Gasteiger partial charge in [-0.3, -0.25) is 4.79 Å². The monoisotopic (exact) mass is 423 g/mol. The Hall–Kier alpha value is -3.19. The fraction of sp³-hybridized carbons (Fsp3) is 0.333. The van der Waals surface area contributed by atoms with Gasteiger partial charge in [0.25, 0.3) is 5.91 Å². The van der Waals surface area contributed by atoms with E-state index in [0.717, 1.165) is 25.2 Å². The van der Waals surface area contributed by atoms with Gasteiger partial charge in [0.05, 0.1) is 31.0 Å². The maximum Gasteiger partial charge on any atom is 0.252 e. The number of methoxy groups -OCH3 is 2. The Bertz CT molecular complexity index is 1100. The molecule has 0 spiro atoms. The fourth-order valence-electron chi connectivity index (χ4n) is 3.96. The number of nitrogens with one attached hydrogen (secondary N) is 1. The number of rotatable bonds is 7. The van der Waals surface area contributed by atoms with Crippen molar-refractivity contribution < 1.29 is 18.7 Å². The number of carbonyl (C=O) groups excluding carboxylic acids is 1. The van der Waals surface area contributed by atoms with E-state index in [-0.39, 0.29) is 5.91 Å². The van der Waals surface area contributed by atoms with Crippen molar-refractivity contribution in [2.45, 2.75) is 12.8 Å². The highest BCUT2D eigenvalue weighted by molar-refractivity contribution is 6.07. The van der Waals surface area contributed by atoms with Crippen molar-refractivity contribution in [2.75, 3.05) is 40.4 Å². The number of benzene rings is 2. The van der Waals surface area contributed by atoms with Crippen LogP contribution in [0.25, 0.3) is 22.2 Å². The number of hydrogen-bond donors (Lipinski definition) is 1. The molecule has 7 heteroatoms. The molecule has 31 heavy (non-hydrogen) atoms. The Balaban J connectivity index is 1.70. The van der Waals surface area contributed by atoms with Crippen molar-refractivity contribution >= 4 is 16.8 Å². The number of nitrogens with zero attached hydrogens (tertiary/aromatic N) is 2. The van der Waals surface area contributed by atoms with Gasteiger partial charge in [-0.25, -0.2) is 9.37 Å². The van der Waals surface area contributed by atoms with Crippen molar-refractivity contribution in [2.24, 2.45) is 0 Å². The maximum atomic E-state index is 14.0. The average molecular weight is 423 g/mol. The molecule has 1 N–H and O–H groups in total. The molecule has 0 bridgehead atoms. The molecule has 0 saturated carbocycles. The maximum absolute atomic E-state index is 14.0. The molecular weight excluding hydrogens is 397 g/mol. The second-order valence-electron chi connectivity index (χ2n) is 7.59. The van der Waals surface area contributed by atoms with E-state index in [2.05, 4.69) is 15.2 Å². The lowest BCUT2D eigenvalue weighted by atomic mass is 10.0. The number of likely N-dealkylation sites (tertiary alicyclic amines) is 1. The van der Waals surface area contributed by atoms with Crippen LogP contribution in [0, 0.1) is 5.82 Å². The zero-order valence-corrected chi connectivity index (χ0v) is 17.8. The van der Waals surface area contributed by atoms with E-state index in [1.807, 2.05) is 12.1 Å². The van der Waals surface area contributed by atoms with Crippen molar-refractivity contribution in [1.82, 2.24) is 15.2 Å². The molecule has 2 heterocycles. The Morgan fingerprint density at radius 3 is 2.65 bits per heavy atom. The van der Waals surface area contributed by atoms with Gasteiger partial charge in [-0.05, 0) is 62.3 Å². The number of amides is 1. The van der Waals surface area contributed by atoms with Crippen LogP contribution in [0.5, 0.6) is 11.5 Å². The SMILES string of the molecule is COc1ccc(-c2cc(C(=O)NCCN3CCCC3)c3cc(F)ccc3n2)c(OC)c1. The molecule has 1 fully saturated rings. The van der Waals surface area contributed by atoms with Gasteiger partial charge in [0.15, 0.2) is 0 Å². The summed E-state index contributed by atoms with van der Waals surface area (Å²) in [4.78, 5) is 20.0. The van der Waals surface area contributed by atoms with Crippen molar-refractivity contribution in [3.8, 4) is 22.8 Å². The predicted molar refractivity (Wildman–Crippen MR) is 118 cm³/mol. The van der Waals surface area contributed by atoms with Crippen LogP contribution in [0.2, 0.25) is 0 Å². The molecule has 0 atom stereocenters. The summed E-state index contributed by atoms with van der Waals surface area (Å²) >= 11 is 0. The molecule has 0 radical (unpaired) electrons. The van der Waals surface area contributed by atoms with E-state index in [4.69, 9.17) is 9.47 Å². The van der Waals surface area contributed by atoms with E-state index in [1.54, 1.807) is 32.4 Å². The lowest BCUT2D eigenvalue weighted by Crippen LogP contribution is -2.33. The summed E-state index contributed by atoms with van der Waals surface area (Å²) in [5, 5.41) is 3.46. The minimum atomic E-state index is -0.407. The number of ether oxygens (including phenoxy) is 2. The van der Waals surface area contributed by atoms with Crippen molar-refractivity contribution in [1.29, 1.82) is 0 Å². The molecule has 1 saturated heterocycles. The first-order chi connectivity index (χ1) is 15.1. The molecule has 0 unspecified atom stereocenters. The van der Waals surface area contributed by atoms with Crippen molar-refractivity contribution in [3.63, 3.8) is 0 Å². The van der Waals surface area contributed by atoms with E-state index < -0.39 is 5.82 Å². The fourth-order valence-corrected chi connectivity index (χ4v) is 3.96. The van der Waals surface area contributed by atoms with E-state index >= 15 is 0 Å². The summed E-state index contributed by atoms with van der Waals surface area (Å²) < 4.78 is 24.7. The average Bonchev–Trinajstić information content (AvgIpc) is 3.31. The largest absolute Gasteiger partial charge is 0.497 e. The van der Waals surface area contributed by atoms with Crippen LogP contribution in [0.3, 0.4) is 0 Å². The first-order valence-electron chi connectivity index (χ1n) is 10.4. The van der Waals surface area contributed by atoms with Gasteiger partial charge >= 0.3 is 0 Å². The minimum Gasteiger partial charge on any atom is -0.497 e. The molecule has 4 rings (SSSR count). The van der Waals surface area contributed by atoms with Gasteiger partial charge in [-0.15, -0.1) is 0 Å². The van der Waals surface area contributed by atoms with Gasteiger partial charge in [-0.1, -0.05) is 0 Å². The number of fused-ring (bicyclic) bond motifs is 1. The lowest BCUT2D eigenvalue weighted by Gasteiger charge is -2.16. The minimum absolute atomic E-state index is 0.245. The summed E-state index contributed by atoms with van der Waals surface area (Å²) in [5.74, 6) is 0.582. The highest BCUT2D eigenvalue weighted by Crippen LogP contribution is 2.34. The molecule has 2 aromatic carbocycles. The van der Waals surface area contributed by atoms with Gasteiger partial charge < -0.3 is 19.7 Å². The molecule has 1 aliphatic rings. The Labute approximate surface area is 181 Å². The first kappa shape index (κ1) is 21.1. The third kappa shape index (κ3) is 4.61. The highest BCUT2D eigenvalue weighted by Gasteiger charge is 2.18. The third-order valence-electron chi connectivity index (χ3n) is 5.61. The Morgan fingerprint density at radius 1 is 1.10 bits per heavy atom. The Morgan fingerprint density at radius 2 is 1.90 bits per heavy atom. The zero-order valence-electron chi connectivity index (χ0n) is 17.8. The quantitative estimate of drug-likeness (QED) is 0.625. The molecule has 1 amide bonds. The molecule has 0 aliphatic carbocycles. The van der Waals surface area contributed by atoms with Crippen LogP contribution in [0.15, 0.2) is 42.5 Å². The standard InChI is InChI=1S/C24H26FN3O3/c1-30-17-6-7-18(23(14-17)31-2)22-15-20(19-13-16(25)5-8-21(19)27-22)24(29)26-9-12-28-10-3-4-11-28/h5-8,13-15H,3-4,9-12H2,1-2H3,(H,26,29). The summed E-state index contributed by atoms with van der Waals surface area (Å²) in [6, 6.07) is 11.4. The van der Waals surface area contributed by atoms with Crippen LogP contribution in [-0.2, 0) is 0 Å². The predicted octanol–water partition coefficient (Wildman–Crippen LogP) is 3.88. The van der Waals surface area contributed by atoms with Crippen LogP contribution in [0.1, 0.15) is 23.2 Å². The molecular formula is C24H26FN3O3. The summed E-state index contributed by atoms with van der Waals surface area (Å²) in [6.07, 6.45) is 2.41. The van der Waals surface area contributed by atoms with Gasteiger partial charge in [0, 0.05) is 30.1 Å². The van der Waals surface area contributed by atoms with E-state index in [1.165, 1.54) is 25.0 Å². The summed E-state index contributed by atoms with van der Waals surface area (Å²) in [7, 11) is 3.16. The zero-order chi connectivity index (χ0) is 21.8. The van der Waals surface area contributed by atoms with Gasteiger partial charge in [0.2, 0.25) is 0 Å². The van der Waals surface area contributed by atoms with Crippen LogP contribution in [0.4, 0.5) is 4.39 Å². The Kier molecular flexibility index (Phi) is 6.32. The molecule has 1 aliphatic heterocycles. The lowest BCUT2D eigenvalue weighted by molar-refractivity contribution is 0.0951. The number of aromatic nitrogens is 1. The van der Waals surface area contributed by atoms with Gasteiger partial charge in [-0.2, -0.15) is 0 Å². The molecule has 3 aromatic rings. The van der Waals surface area contributed by atoms with E-state index in [0.29, 0.717) is 40.2 Å². The first-order valence-corrected chi connectivity index (χ1v) is 10.4. The van der Waals surface area contributed by atoms with Crippen LogP contribution in [-0.4, -0.2) is 56.2 Å². The molecule has 6 nitrogen and oxygen atoms in total. The number of halogens is 1. The van der Waals surface area contributed by atoms with Gasteiger partial charge in [0.1, 0.15) is 17.3 Å². The summed E-state index contributed by atoms with van der Waals surface area (Å²) in [5.41, 5.74) is 2.23. The number of pyridine rings is 1. The normalized spacial score (nSPS) is 14.0. The smallest absolute Gasteiger partial charge is 0.252 e. The number of carbonyl (C=O) groups is 1. The topological polar surface area (TPSA) is 63.7 Å². The molecule has 162 valence electrons.